The highest BCUT2D eigenvalue weighted by Crippen LogP contribution is 2.32. The number of hydrogen-bond acceptors (Lipinski definition) is 5. The lowest BCUT2D eigenvalue weighted by Gasteiger charge is -2.22. The van der Waals surface area contributed by atoms with Crippen molar-refractivity contribution in [1.29, 1.82) is 0 Å². The minimum Gasteiger partial charge on any atom is -0.457 e. The van der Waals surface area contributed by atoms with Gasteiger partial charge >= 0.3 is 5.97 Å². The summed E-state index contributed by atoms with van der Waals surface area (Å²) in [7, 11) is 0. The molecule has 0 aromatic heterocycles. The summed E-state index contributed by atoms with van der Waals surface area (Å²) in [5.41, 5.74) is 1.79. The maximum atomic E-state index is 12.2. The molecule has 0 radical (unpaired) electrons. The molecule has 0 spiro atoms. The lowest BCUT2D eigenvalue weighted by Crippen LogP contribution is -2.31. The first-order valence-electron chi connectivity index (χ1n) is 9.66. The van der Waals surface area contributed by atoms with Crippen LogP contribution in [0.1, 0.15) is 73.2 Å². The molecule has 1 aliphatic carbocycles. The van der Waals surface area contributed by atoms with Gasteiger partial charge in [-0.1, -0.05) is 43.5 Å². The van der Waals surface area contributed by atoms with E-state index >= 15 is 0 Å². The minimum absolute atomic E-state index is 0.0147. The Morgan fingerprint density at radius 2 is 1.59 bits per heavy atom. The number of benzene rings is 1. The SMILES string of the molecule is O=C(CCN1C(=O)CCC1=O)OCC(=O)c1ccc(C2CCCCC2)cc1. The van der Waals surface area contributed by atoms with E-state index in [1.807, 2.05) is 12.1 Å². The first-order chi connectivity index (χ1) is 13.0. The standard InChI is InChI=1S/C21H25NO5/c23-18(14-27-21(26)12-13-22-19(24)10-11-20(22)25)17-8-6-16(7-9-17)15-4-2-1-3-5-15/h6-9,15H,1-5,10-14H2. The smallest absolute Gasteiger partial charge is 0.308 e. The third-order valence-corrected chi connectivity index (χ3v) is 5.37. The number of rotatable bonds is 7. The van der Waals surface area contributed by atoms with Crippen molar-refractivity contribution in [1.82, 2.24) is 4.90 Å². The lowest BCUT2D eigenvalue weighted by atomic mass is 9.84. The highest BCUT2D eigenvalue weighted by atomic mass is 16.5. The molecule has 1 heterocycles. The number of Topliss-reactive ketones (excluding diaryl/α,β-unsaturated/α-hetero) is 1. The molecule has 1 aliphatic heterocycles. The second kappa shape index (κ2) is 8.93. The molecule has 2 fully saturated rings. The van der Waals surface area contributed by atoms with E-state index in [1.165, 1.54) is 37.7 Å². The highest BCUT2D eigenvalue weighted by molar-refractivity contribution is 6.02. The van der Waals surface area contributed by atoms with E-state index in [0.717, 1.165) is 4.90 Å². The van der Waals surface area contributed by atoms with E-state index < -0.39 is 5.97 Å². The van der Waals surface area contributed by atoms with Crippen LogP contribution in [0.25, 0.3) is 0 Å². The Morgan fingerprint density at radius 3 is 2.22 bits per heavy atom. The van der Waals surface area contributed by atoms with Crippen molar-refractivity contribution in [2.45, 2.75) is 57.3 Å². The van der Waals surface area contributed by atoms with Crippen LogP contribution in [0.2, 0.25) is 0 Å². The van der Waals surface area contributed by atoms with Crippen molar-refractivity contribution in [3.05, 3.63) is 35.4 Å². The van der Waals surface area contributed by atoms with Crippen LogP contribution in [0.4, 0.5) is 0 Å². The van der Waals surface area contributed by atoms with Crippen molar-refractivity contribution in [3.8, 4) is 0 Å². The quantitative estimate of drug-likeness (QED) is 0.418. The van der Waals surface area contributed by atoms with E-state index in [0.29, 0.717) is 11.5 Å². The molecule has 0 unspecified atom stereocenters. The monoisotopic (exact) mass is 371 g/mol. The molecule has 3 rings (SSSR count). The summed E-state index contributed by atoms with van der Waals surface area (Å²) in [6, 6.07) is 7.58. The first kappa shape index (κ1) is 19.3. The predicted molar refractivity (Wildman–Crippen MR) is 98.1 cm³/mol. The van der Waals surface area contributed by atoms with Crippen molar-refractivity contribution >= 4 is 23.6 Å². The zero-order chi connectivity index (χ0) is 19.2. The van der Waals surface area contributed by atoms with E-state index in [4.69, 9.17) is 4.74 Å². The van der Waals surface area contributed by atoms with Gasteiger partial charge in [-0.3, -0.25) is 24.1 Å². The van der Waals surface area contributed by atoms with Gasteiger partial charge in [-0.15, -0.1) is 0 Å². The van der Waals surface area contributed by atoms with E-state index in [2.05, 4.69) is 0 Å². The number of likely N-dealkylation sites (tertiary alicyclic amines) is 1. The molecule has 1 saturated heterocycles. The third kappa shape index (κ3) is 5.02. The number of imide groups is 1. The average molecular weight is 371 g/mol. The largest absolute Gasteiger partial charge is 0.457 e. The molecule has 144 valence electrons. The summed E-state index contributed by atoms with van der Waals surface area (Å²) >= 11 is 0. The summed E-state index contributed by atoms with van der Waals surface area (Å²) in [6.07, 6.45) is 6.53. The highest BCUT2D eigenvalue weighted by Gasteiger charge is 2.29. The Labute approximate surface area is 158 Å². The van der Waals surface area contributed by atoms with Crippen LogP contribution in [0, 0.1) is 0 Å². The fraction of sp³-hybridized carbons (Fsp3) is 0.524. The Balaban J connectivity index is 1.43. The number of hydrogen-bond donors (Lipinski definition) is 0. The van der Waals surface area contributed by atoms with Crippen LogP contribution in [0.5, 0.6) is 0 Å². The minimum atomic E-state index is -0.588. The third-order valence-electron chi connectivity index (χ3n) is 5.37. The fourth-order valence-electron chi connectivity index (χ4n) is 3.75. The van der Waals surface area contributed by atoms with Gasteiger partial charge in [0.05, 0.1) is 6.42 Å². The summed E-state index contributed by atoms with van der Waals surface area (Å²) < 4.78 is 5.00. The van der Waals surface area contributed by atoms with Crippen molar-refractivity contribution in [2.24, 2.45) is 0 Å². The molecule has 6 heteroatoms. The van der Waals surface area contributed by atoms with Gasteiger partial charge in [-0.2, -0.15) is 0 Å². The second-order valence-corrected chi connectivity index (χ2v) is 7.23. The van der Waals surface area contributed by atoms with Crippen LogP contribution >= 0.6 is 0 Å². The Bertz CT molecular complexity index is 703. The number of ether oxygens (including phenoxy) is 1. The topological polar surface area (TPSA) is 80.8 Å². The molecule has 1 aromatic rings. The van der Waals surface area contributed by atoms with Crippen LogP contribution in [0.15, 0.2) is 24.3 Å². The van der Waals surface area contributed by atoms with Crippen LogP contribution in [-0.2, 0) is 19.1 Å². The Hall–Kier alpha value is -2.50. The van der Waals surface area contributed by atoms with Gasteiger partial charge in [0.15, 0.2) is 12.4 Å². The lowest BCUT2D eigenvalue weighted by molar-refractivity contribution is -0.144. The number of esters is 1. The maximum absolute atomic E-state index is 12.2. The van der Waals surface area contributed by atoms with Gasteiger partial charge in [0.2, 0.25) is 11.8 Å². The molecule has 0 atom stereocenters. The number of amides is 2. The molecular formula is C21H25NO5. The molecule has 27 heavy (non-hydrogen) atoms. The number of carbonyl (C=O) groups is 4. The van der Waals surface area contributed by atoms with Crippen molar-refractivity contribution in [3.63, 3.8) is 0 Å². The molecule has 2 amide bonds. The summed E-state index contributed by atoms with van der Waals surface area (Å²) in [5, 5.41) is 0. The zero-order valence-electron chi connectivity index (χ0n) is 15.4. The van der Waals surface area contributed by atoms with Gasteiger partial charge < -0.3 is 4.74 Å². The molecule has 0 N–H and O–H groups in total. The fourth-order valence-corrected chi connectivity index (χ4v) is 3.75. The molecule has 1 saturated carbocycles. The normalized spacial score (nSPS) is 18.0. The van der Waals surface area contributed by atoms with Crippen molar-refractivity contribution < 1.29 is 23.9 Å². The number of nitrogens with zero attached hydrogens (tertiary/aromatic N) is 1. The van der Waals surface area contributed by atoms with E-state index in [-0.39, 0.29) is 50.0 Å². The number of ketones is 1. The molecule has 2 aliphatic rings. The van der Waals surface area contributed by atoms with Gasteiger partial charge in [-0.05, 0) is 24.3 Å². The second-order valence-electron chi connectivity index (χ2n) is 7.23. The maximum Gasteiger partial charge on any atom is 0.308 e. The Morgan fingerprint density at radius 1 is 0.963 bits per heavy atom. The predicted octanol–water partition coefficient (Wildman–Crippen LogP) is 3.00. The van der Waals surface area contributed by atoms with Gasteiger partial charge in [0.25, 0.3) is 0 Å². The van der Waals surface area contributed by atoms with Gasteiger partial charge in [0, 0.05) is 24.9 Å². The molecule has 6 nitrogen and oxygen atoms in total. The molecular weight excluding hydrogens is 346 g/mol. The number of carbonyl (C=O) groups excluding carboxylic acids is 4. The first-order valence-corrected chi connectivity index (χ1v) is 9.66. The summed E-state index contributed by atoms with van der Waals surface area (Å²) in [5.74, 6) is -0.790. The van der Waals surface area contributed by atoms with Crippen LogP contribution in [-0.4, -0.2) is 41.6 Å². The molecule has 0 bridgehead atoms. The van der Waals surface area contributed by atoms with E-state index in [1.54, 1.807) is 12.1 Å². The van der Waals surface area contributed by atoms with Crippen LogP contribution in [0.3, 0.4) is 0 Å². The van der Waals surface area contributed by atoms with E-state index in [9.17, 15) is 19.2 Å². The van der Waals surface area contributed by atoms with Crippen LogP contribution < -0.4 is 0 Å². The summed E-state index contributed by atoms with van der Waals surface area (Å²) in [4.78, 5) is 48.0. The molecule has 1 aromatic carbocycles. The summed E-state index contributed by atoms with van der Waals surface area (Å²) in [6.45, 7) is -0.315. The Kier molecular flexibility index (Phi) is 6.37. The average Bonchev–Trinajstić information content (AvgIpc) is 3.03. The zero-order valence-corrected chi connectivity index (χ0v) is 15.4. The van der Waals surface area contributed by atoms with Gasteiger partial charge in [-0.25, -0.2) is 0 Å². The van der Waals surface area contributed by atoms with Gasteiger partial charge in [0.1, 0.15) is 0 Å². The van der Waals surface area contributed by atoms with Crippen molar-refractivity contribution in [2.75, 3.05) is 13.2 Å².